The molecule has 1 aromatic rings. The number of nitrogens with two attached hydrogens (primary N) is 1. The van der Waals surface area contributed by atoms with Gasteiger partial charge in [-0.1, -0.05) is 0 Å². The largest absolute Gasteiger partial charge is 0.471 e. The zero-order valence-corrected chi connectivity index (χ0v) is 11.0. The van der Waals surface area contributed by atoms with Gasteiger partial charge in [0.05, 0.1) is 0 Å². The van der Waals surface area contributed by atoms with Crippen LogP contribution in [0, 0.1) is 0 Å². The van der Waals surface area contributed by atoms with Gasteiger partial charge < -0.3 is 10.5 Å². The second-order valence-electron chi connectivity index (χ2n) is 4.41. The van der Waals surface area contributed by atoms with Crippen molar-refractivity contribution in [3.05, 3.63) is 24.3 Å². The van der Waals surface area contributed by atoms with E-state index in [1.54, 1.807) is 0 Å². The monoisotopic (exact) mass is 377 g/mol. The first-order valence-corrected chi connectivity index (χ1v) is 5.60. The summed E-state index contributed by atoms with van der Waals surface area (Å²) < 4.78 is 142. The molecule has 0 spiro atoms. The number of rotatable bonds is 5. The minimum absolute atomic E-state index is 0.0913. The number of alkyl halides is 11. The standard InChI is InChI=1S/C11H6F11NO/c12-7(13,8(14,15)10(18,19)20)9(16,17)11(21,22)24-6-3-1-5(23)2-4-6/h1-4H,23H2. The Morgan fingerprint density at radius 1 is 0.625 bits per heavy atom. The molecule has 0 amide bonds. The fraction of sp³-hybridized carbons (Fsp3) is 0.455. The lowest BCUT2D eigenvalue weighted by Gasteiger charge is -2.36. The van der Waals surface area contributed by atoms with Gasteiger partial charge >= 0.3 is 30.1 Å². The molecule has 2 nitrogen and oxygen atoms in total. The van der Waals surface area contributed by atoms with E-state index in [4.69, 9.17) is 5.73 Å². The van der Waals surface area contributed by atoms with Crippen LogP contribution in [0.2, 0.25) is 0 Å². The fourth-order valence-corrected chi connectivity index (χ4v) is 1.31. The molecule has 0 unspecified atom stereocenters. The highest BCUT2D eigenvalue weighted by Crippen LogP contribution is 2.57. The van der Waals surface area contributed by atoms with Gasteiger partial charge in [-0.2, -0.15) is 48.3 Å². The van der Waals surface area contributed by atoms with Crippen molar-refractivity contribution in [2.45, 2.75) is 30.1 Å². The van der Waals surface area contributed by atoms with E-state index < -0.39 is 35.8 Å². The Kier molecular flexibility index (Phi) is 4.65. The summed E-state index contributed by atoms with van der Waals surface area (Å²) in [6.07, 6.45) is -13.6. The maximum absolute atomic E-state index is 13.2. The van der Waals surface area contributed by atoms with Gasteiger partial charge in [-0.05, 0) is 24.3 Å². The minimum Gasteiger partial charge on any atom is -0.428 e. The normalized spacial score (nSPS) is 14.6. The molecular formula is C11H6F11NO. The zero-order valence-electron chi connectivity index (χ0n) is 11.0. The third-order valence-corrected chi connectivity index (χ3v) is 2.64. The van der Waals surface area contributed by atoms with E-state index in [0.29, 0.717) is 12.1 Å². The van der Waals surface area contributed by atoms with E-state index in [1.165, 1.54) is 0 Å². The molecule has 0 heterocycles. The molecule has 1 aromatic carbocycles. The first-order valence-electron chi connectivity index (χ1n) is 5.60. The number of benzene rings is 1. The average Bonchev–Trinajstić information content (AvgIpc) is 2.39. The van der Waals surface area contributed by atoms with Crippen molar-refractivity contribution in [1.29, 1.82) is 0 Å². The van der Waals surface area contributed by atoms with E-state index in [9.17, 15) is 48.3 Å². The lowest BCUT2D eigenvalue weighted by atomic mass is 10.0. The van der Waals surface area contributed by atoms with Crippen LogP contribution in [0.25, 0.3) is 0 Å². The van der Waals surface area contributed by atoms with E-state index >= 15 is 0 Å². The Labute approximate surface area is 126 Å². The van der Waals surface area contributed by atoms with Crippen molar-refractivity contribution in [1.82, 2.24) is 0 Å². The van der Waals surface area contributed by atoms with Crippen LogP contribution in [-0.4, -0.2) is 30.1 Å². The molecule has 0 radical (unpaired) electrons. The molecule has 1 rings (SSSR count). The van der Waals surface area contributed by atoms with Gasteiger partial charge in [-0.25, -0.2) is 0 Å². The third kappa shape index (κ3) is 3.02. The molecule has 2 N–H and O–H groups in total. The third-order valence-electron chi connectivity index (χ3n) is 2.64. The van der Waals surface area contributed by atoms with Crippen LogP contribution in [0.15, 0.2) is 24.3 Å². The number of hydrogen-bond acceptors (Lipinski definition) is 2. The van der Waals surface area contributed by atoms with E-state index in [2.05, 4.69) is 4.74 Å². The van der Waals surface area contributed by atoms with Crippen molar-refractivity contribution in [2.75, 3.05) is 5.73 Å². The number of nitrogen functional groups attached to an aromatic ring is 1. The molecule has 0 fully saturated rings. The molecule has 138 valence electrons. The highest BCUT2D eigenvalue weighted by molar-refractivity contribution is 5.41. The molecule has 0 atom stereocenters. The summed E-state index contributed by atoms with van der Waals surface area (Å²) in [5, 5.41) is 0. The molecule has 0 aliphatic rings. The first kappa shape index (κ1) is 20.1. The van der Waals surface area contributed by atoms with E-state index in [1.807, 2.05) is 0 Å². The SMILES string of the molecule is Nc1ccc(OC(F)(F)C(F)(F)C(F)(F)C(F)(F)C(F)(F)F)cc1. The second-order valence-corrected chi connectivity index (χ2v) is 4.41. The van der Waals surface area contributed by atoms with Crippen molar-refractivity contribution in [3.8, 4) is 5.75 Å². The quantitative estimate of drug-likeness (QED) is 0.596. The lowest BCUT2D eigenvalue weighted by Crippen LogP contribution is -2.67. The summed E-state index contributed by atoms with van der Waals surface area (Å²) in [6.45, 7) is 0. The van der Waals surface area contributed by atoms with Gasteiger partial charge in [-0.15, -0.1) is 0 Å². The number of hydrogen-bond donors (Lipinski definition) is 1. The molecule has 0 aliphatic heterocycles. The Hall–Kier alpha value is -1.95. The Morgan fingerprint density at radius 2 is 1.04 bits per heavy atom. The molecule has 0 aromatic heterocycles. The van der Waals surface area contributed by atoms with Crippen LogP contribution in [0.5, 0.6) is 5.75 Å². The second kappa shape index (κ2) is 5.55. The smallest absolute Gasteiger partial charge is 0.428 e. The van der Waals surface area contributed by atoms with E-state index in [0.717, 1.165) is 12.1 Å². The number of halogens is 11. The van der Waals surface area contributed by atoms with Gasteiger partial charge in [0.15, 0.2) is 0 Å². The highest BCUT2D eigenvalue weighted by Gasteiger charge is 2.88. The predicted molar refractivity (Wildman–Crippen MR) is 57.3 cm³/mol. The number of anilines is 1. The predicted octanol–water partition coefficient (Wildman–Crippen LogP) is 4.71. The molecular weight excluding hydrogens is 371 g/mol. The summed E-state index contributed by atoms with van der Waals surface area (Å²) in [5.74, 6) is -23.4. The van der Waals surface area contributed by atoms with Crippen LogP contribution < -0.4 is 10.5 Å². The average molecular weight is 377 g/mol. The molecule has 0 aliphatic carbocycles. The Balaban J connectivity index is 3.26. The van der Waals surface area contributed by atoms with Gasteiger partial charge in [0.25, 0.3) is 0 Å². The van der Waals surface area contributed by atoms with Crippen molar-refractivity contribution >= 4 is 5.69 Å². The van der Waals surface area contributed by atoms with E-state index in [-0.39, 0.29) is 5.69 Å². The van der Waals surface area contributed by atoms with Crippen molar-refractivity contribution in [2.24, 2.45) is 0 Å². The first-order chi connectivity index (χ1) is 10.5. The molecule has 0 bridgehead atoms. The van der Waals surface area contributed by atoms with Crippen LogP contribution in [0.3, 0.4) is 0 Å². The molecule has 0 saturated heterocycles. The van der Waals surface area contributed by atoms with Crippen LogP contribution >= 0.6 is 0 Å². The van der Waals surface area contributed by atoms with Crippen LogP contribution in [0.1, 0.15) is 0 Å². The summed E-state index contributed by atoms with van der Waals surface area (Å²) in [7, 11) is 0. The maximum atomic E-state index is 13.2. The van der Waals surface area contributed by atoms with Crippen molar-refractivity contribution in [3.63, 3.8) is 0 Å². The van der Waals surface area contributed by atoms with Crippen molar-refractivity contribution < 1.29 is 53.0 Å². The maximum Gasteiger partial charge on any atom is 0.471 e. The highest BCUT2D eigenvalue weighted by atomic mass is 19.4. The van der Waals surface area contributed by atoms with Crippen LogP contribution in [-0.2, 0) is 0 Å². The summed E-state index contributed by atoms with van der Waals surface area (Å²) in [4.78, 5) is 0. The summed E-state index contributed by atoms with van der Waals surface area (Å²) in [6, 6.07) is 2.57. The van der Waals surface area contributed by atoms with Gasteiger partial charge in [0.2, 0.25) is 0 Å². The Bertz CT molecular complexity index is 579. The lowest BCUT2D eigenvalue weighted by molar-refractivity contribution is -0.445. The minimum atomic E-state index is -7.50. The van der Waals surface area contributed by atoms with Gasteiger partial charge in [0.1, 0.15) is 5.75 Å². The summed E-state index contributed by atoms with van der Waals surface area (Å²) in [5.41, 5.74) is 5.02. The topological polar surface area (TPSA) is 35.2 Å². The summed E-state index contributed by atoms with van der Waals surface area (Å²) >= 11 is 0. The van der Waals surface area contributed by atoms with Gasteiger partial charge in [0, 0.05) is 5.69 Å². The van der Waals surface area contributed by atoms with Gasteiger partial charge in [-0.3, -0.25) is 0 Å². The molecule has 24 heavy (non-hydrogen) atoms. The Morgan fingerprint density at radius 3 is 1.42 bits per heavy atom. The molecule has 13 heteroatoms. The molecule has 0 saturated carbocycles. The zero-order chi connectivity index (χ0) is 19.2. The number of ether oxygens (including phenoxy) is 1. The fourth-order valence-electron chi connectivity index (χ4n) is 1.31. The van der Waals surface area contributed by atoms with Crippen LogP contribution in [0.4, 0.5) is 54.0 Å².